The van der Waals surface area contributed by atoms with Gasteiger partial charge in [-0.3, -0.25) is 10.1 Å². The van der Waals surface area contributed by atoms with E-state index in [0.29, 0.717) is 11.3 Å². The number of hydrogen-bond donors (Lipinski definition) is 2. The molecule has 0 radical (unpaired) electrons. The molecule has 2 N–H and O–H groups in total. The first-order valence-electron chi connectivity index (χ1n) is 12.1. The number of thiazole rings is 1. The van der Waals surface area contributed by atoms with Crippen LogP contribution in [0.2, 0.25) is 4.34 Å². The maximum atomic E-state index is 12.9. The van der Waals surface area contributed by atoms with Crippen LogP contribution in [-0.4, -0.2) is 64.2 Å². The van der Waals surface area contributed by atoms with E-state index in [-0.39, 0.29) is 21.8 Å². The number of methoxy groups -OCH3 is 1. The van der Waals surface area contributed by atoms with Gasteiger partial charge in [-0.15, -0.1) is 0 Å². The van der Waals surface area contributed by atoms with Crippen molar-refractivity contribution in [2.45, 2.75) is 71.9 Å². The van der Waals surface area contributed by atoms with E-state index in [4.69, 9.17) is 35.4 Å². The number of carboxylic acids is 1. The Morgan fingerprint density at radius 1 is 1.05 bits per heavy atom. The highest BCUT2D eigenvalue weighted by Gasteiger charge is 2.31. The quantitative estimate of drug-likeness (QED) is 0.154. The first kappa shape index (κ1) is 33.3. The number of halogens is 1. The van der Waals surface area contributed by atoms with Gasteiger partial charge >= 0.3 is 24.0 Å². The number of hydrogen-bond acceptors (Lipinski definition) is 12. The van der Waals surface area contributed by atoms with E-state index in [1.807, 2.05) is 0 Å². The van der Waals surface area contributed by atoms with Crippen molar-refractivity contribution in [2.24, 2.45) is 5.16 Å². The second-order valence-electron chi connectivity index (χ2n) is 10.4. The Morgan fingerprint density at radius 3 is 2.20 bits per heavy atom. The molecule has 1 aromatic carbocycles. The van der Waals surface area contributed by atoms with Crippen LogP contribution in [0.4, 0.5) is 9.93 Å². The van der Waals surface area contributed by atoms with Crippen molar-refractivity contribution < 1.29 is 48.1 Å². The van der Waals surface area contributed by atoms with E-state index >= 15 is 0 Å². The molecule has 15 heteroatoms. The van der Waals surface area contributed by atoms with Crippen LogP contribution >= 0.6 is 22.9 Å². The minimum absolute atomic E-state index is 0.0718. The zero-order valence-corrected chi connectivity index (χ0v) is 25.2. The standard InChI is InChI=1S/C26H32ClN3O10S/c1-25(2,3)38-17(31)12-16(22(34)37-13-14-8-10-15(36-7)11-9-14)40-30-19(21(32)33)18-20(27)41-23(28-18)29-24(35)39-26(4,5)6/h8-11,16H,12-13H2,1-7H3,(H,32,33)(H,28,29,35)/b30-19-/t16-/m0/s1. The van der Waals surface area contributed by atoms with Crippen molar-refractivity contribution in [3.63, 3.8) is 0 Å². The lowest BCUT2D eigenvalue weighted by atomic mass is 10.2. The van der Waals surface area contributed by atoms with Crippen LogP contribution in [0, 0.1) is 0 Å². The smallest absolute Gasteiger partial charge is 0.413 e. The third-order valence-electron chi connectivity index (χ3n) is 4.47. The second-order valence-corrected chi connectivity index (χ2v) is 12.0. The number of esters is 2. The summed E-state index contributed by atoms with van der Waals surface area (Å²) in [5, 5.41) is 15.6. The lowest BCUT2D eigenvalue weighted by Gasteiger charge is -2.21. The molecule has 0 fully saturated rings. The van der Waals surface area contributed by atoms with E-state index in [1.165, 1.54) is 7.11 Å². The molecule has 0 aliphatic carbocycles. The summed E-state index contributed by atoms with van der Waals surface area (Å²) in [4.78, 5) is 58.6. The van der Waals surface area contributed by atoms with Gasteiger partial charge in [-0.1, -0.05) is 40.2 Å². The summed E-state index contributed by atoms with van der Waals surface area (Å²) in [6, 6.07) is 6.68. The highest BCUT2D eigenvalue weighted by Crippen LogP contribution is 2.29. The summed E-state index contributed by atoms with van der Waals surface area (Å²) in [5.74, 6) is -2.82. The van der Waals surface area contributed by atoms with E-state index < -0.39 is 53.4 Å². The Bertz CT molecular complexity index is 1280. The van der Waals surface area contributed by atoms with E-state index in [9.17, 15) is 24.3 Å². The minimum Gasteiger partial charge on any atom is -0.497 e. The maximum Gasteiger partial charge on any atom is 0.413 e. The molecule has 0 saturated heterocycles. The molecule has 1 amide bonds. The average Bonchev–Trinajstić information content (AvgIpc) is 3.18. The Balaban J connectivity index is 2.27. The zero-order chi connectivity index (χ0) is 31.0. The number of aromatic nitrogens is 1. The van der Waals surface area contributed by atoms with Crippen molar-refractivity contribution in [3.8, 4) is 5.75 Å². The molecule has 1 atom stereocenters. The number of amides is 1. The summed E-state index contributed by atoms with van der Waals surface area (Å²) in [5.41, 5.74) is -2.18. The fourth-order valence-electron chi connectivity index (χ4n) is 2.86. The summed E-state index contributed by atoms with van der Waals surface area (Å²) in [6.07, 6.45) is -3.14. The Hall–Kier alpha value is -3.91. The number of aliphatic carboxylic acids is 1. The topological polar surface area (TPSA) is 172 Å². The molecule has 0 aliphatic heterocycles. The normalized spacial score (nSPS) is 12.6. The highest BCUT2D eigenvalue weighted by molar-refractivity contribution is 7.20. The Labute approximate surface area is 245 Å². The Morgan fingerprint density at radius 2 is 1.66 bits per heavy atom. The second kappa shape index (κ2) is 14.1. The van der Waals surface area contributed by atoms with Crippen LogP contribution in [0.25, 0.3) is 0 Å². The fraction of sp³-hybridized carbons (Fsp3) is 0.462. The average molecular weight is 614 g/mol. The first-order valence-corrected chi connectivity index (χ1v) is 13.3. The van der Waals surface area contributed by atoms with Gasteiger partial charge in [0.2, 0.25) is 11.8 Å². The van der Waals surface area contributed by atoms with Crippen LogP contribution in [0.3, 0.4) is 0 Å². The largest absolute Gasteiger partial charge is 0.497 e. The number of ether oxygens (including phenoxy) is 4. The van der Waals surface area contributed by atoms with Crippen molar-refractivity contribution >= 4 is 57.8 Å². The predicted molar refractivity (Wildman–Crippen MR) is 149 cm³/mol. The third kappa shape index (κ3) is 11.6. The predicted octanol–water partition coefficient (Wildman–Crippen LogP) is 4.80. The molecule has 0 saturated carbocycles. The molecule has 2 rings (SSSR count). The number of carbonyl (C=O) groups is 4. The van der Waals surface area contributed by atoms with Gasteiger partial charge in [0.25, 0.3) is 0 Å². The third-order valence-corrected chi connectivity index (χ3v) is 5.64. The first-order chi connectivity index (χ1) is 19.0. The number of anilines is 1. The Kier molecular flexibility index (Phi) is 11.5. The van der Waals surface area contributed by atoms with Gasteiger partial charge in [-0.2, -0.15) is 0 Å². The molecule has 224 valence electrons. The van der Waals surface area contributed by atoms with Crippen LogP contribution < -0.4 is 10.1 Å². The van der Waals surface area contributed by atoms with Gasteiger partial charge in [0.05, 0.1) is 13.5 Å². The van der Waals surface area contributed by atoms with Gasteiger partial charge in [-0.25, -0.2) is 19.4 Å². The SMILES string of the molecule is COc1ccc(COC(=O)[C@H](CC(=O)OC(C)(C)C)O/N=C(\C(=O)O)c2nc(NC(=O)OC(C)(C)C)sc2Cl)cc1. The van der Waals surface area contributed by atoms with Gasteiger partial charge < -0.3 is 28.9 Å². The van der Waals surface area contributed by atoms with E-state index in [0.717, 1.165) is 11.3 Å². The van der Waals surface area contributed by atoms with Gasteiger partial charge in [0.1, 0.15) is 33.6 Å². The van der Waals surface area contributed by atoms with Gasteiger partial charge in [0, 0.05) is 0 Å². The van der Waals surface area contributed by atoms with Crippen LogP contribution in [0.1, 0.15) is 59.2 Å². The number of carbonyl (C=O) groups excluding carboxylic acids is 3. The summed E-state index contributed by atoms with van der Waals surface area (Å²) in [7, 11) is 1.51. The molecular weight excluding hydrogens is 582 g/mol. The fourth-order valence-corrected chi connectivity index (χ4v) is 3.89. The molecule has 1 heterocycles. The molecule has 41 heavy (non-hydrogen) atoms. The summed E-state index contributed by atoms with van der Waals surface area (Å²) < 4.78 is 20.6. The van der Waals surface area contributed by atoms with Crippen LogP contribution in [0.5, 0.6) is 5.75 Å². The van der Waals surface area contributed by atoms with E-state index in [1.54, 1.807) is 65.8 Å². The molecule has 0 unspecified atom stereocenters. The molecule has 1 aromatic heterocycles. The van der Waals surface area contributed by atoms with E-state index in [2.05, 4.69) is 15.5 Å². The molecule has 13 nitrogen and oxygen atoms in total. The number of rotatable bonds is 11. The van der Waals surface area contributed by atoms with Crippen molar-refractivity contribution in [1.82, 2.24) is 4.98 Å². The lowest BCUT2D eigenvalue weighted by Crippen LogP contribution is -2.32. The van der Waals surface area contributed by atoms with Crippen LogP contribution in [-0.2, 0) is 40.0 Å². The number of carboxylic acid groups (broad SMARTS) is 1. The summed E-state index contributed by atoms with van der Waals surface area (Å²) in [6.45, 7) is 9.72. The maximum absolute atomic E-state index is 12.9. The molecular formula is C26H32ClN3O10S. The van der Waals surface area contributed by atoms with Crippen molar-refractivity contribution in [1.29, 1.82) is 0 Å². The molecule has 0 spiro atoms. The zero-order valence-electron chi connectivity index (χ0n) is 23.6. The molecule has 0 bridgehead atoms. The highest BCUT2D eigenvalue weighted by atomic mass is 35.5. The van der Waals surface area contributed by atoms with Crippen LogP contribution in [0.15, 0.2) is 29.4 Å². The van der Waals surface area contributed by atoms with Gasteiger partial charge in [-0.05, 0) is 59.2 Å². The van der Waals surface area contributed by atoms with Crippen molar-refractivity contribution in [3.05, 3.63) is 39.9 Å². The lowest BCUT2D eigenvalue weighted by molar-refractivity contribution is -0.169. The number of benzene rings is 1. The summed E-state index contributed by atoms with van der Waals surface area (Å²) >= 11 is 6.91. The van der Waals surface area contributed by atoms with Crippen molar-refractivity contribution in [2.75, 3.05) is 12.4 Å². The minimum atomic E-state index is -1.67. The molecule has 2 aromatic rings. The number of nitrogens with one attached hydrogen (secondary N) is 1. The molecule has 0 aliphatic rings. The number of nitrogens with zero attached hydrogens (tertiary/aromatic N) is 2. The number of oxime groups is 1. The van der Waals surface area contributed by atoms with Gasteiger partial charge in [0.15, 0.2) is 5.13 Å². The monoisotopic (exact) mass is 613 g/mol.